The number of carbonyl (C=O) groups is 1. The van der Waals surface area contributed by atoms with Crippen LogP contribution in [0.2, 0.25) is 0 Å². The normalized spacial score (nSPS) is 11.9. The number of rotatable bonds is 6. The maximum absolute atomic E-state index is 13.2. The third-order valence-corrected chi connectivity index (χ3v) is 4.45. The topological polar surface area (TPSA) is 38.3 Å². The summed E-state index contributed by atoms with van der Waals surface area (Å²) in [5.41, 5.74) is 1.12. The first-order valence-electron chi connectivity index (χ1n) is 7.35. The molecule has 1 amide bonds. The van der Waals surface area contributed by atoms with Crippen LogP contribution in [0.5, 0.6) is 0 Å². The predicted octanol–water partition coefficient (Wildman–Crippen LogP) is 5.69. The van der Waals surface area contributed by atoms with E-state index in [-0.39, 0.29) is 11.0 Å². The largest absolute Gasteiger partial charge is 0.444 e. The Kier molecular flexibility index (Phi) is 7.28. The molecule has 0 radical (unpaired) electrons. The van der Waals surface area contributed by atoms with Gasteiger partial charge in [-0.2, -0.15) is 0 Å². The van der Waals surface area contributed by atoms with E-state index in [2.05, 4.69) is 0 Å². The van der Waals surface area contributed by atoms with Crippen molar-refractivity contribution >= 4 is 29.5 Å². The molecule has 0 aliphatic heterocycles. The minimum Gasteiger partial charge on any atom is -0.444 e. The fourth-order valence-corrected chi connectivity index (χ4v) is 2.95. The molecule has 0 aliphatic carbocycles. The van der Waals surface area contributed by atoms with E-state index in [1.165, 1.54) is 0 Å². The zero-order valence-electron chi connectivity index (χ0n) is 13.3. The molecule has 0 saturated carbocycles. The maximum Gasteiger partial charge on any atom is 0.411 e. The molecule has 0 fully saturated rings. The molecule has 2 rings (SSSR count). The van der Waals surface area contributed by atoms with Gasteiger partial charge < -0.3 is 4.74 Å². The van der Waals surface area contributed by atoms with Gasteiger partial charge in [0.2, 0.25) is 0 Å². The van der Waals surface area contributed by atoms with E-state index in [1.54, 1.807) is 36.4 Å². The number of thioether (sulfide) groups is 1. The fourth-order valence-electron chi connectivity index (χ4n) is 1.82. The zero-order chi connectivity index (χ0) is 18.2. The monoisotopic (exact) mass is 383 g/mol. The molecule has 25 heavy (non-hydrogen) atoms. The molecule has 7 heteroatoms. The number of benzene rings is 2. The second-order valence-corrected chi connectivity index (χ2v) is 6.78. The summed E-state index contributed by atoms with van der Waals surface area (Å²) >= 11 is 6.91. The highest BCUT2D eigenvalue weighted by molar-refractivity contribution is 8.04. The van der Waals surface area contributed by atoms with Gasteiger partial charge in [0.1, 0.15) is 16.7 Å². The molecule has 2 aromatic carbocycles. The molecule has 0 saturated heterocycles. The van der Waals surface area contributed by atoms with Crippen LogP contribution >= 0.6 is 23.4 Å². The predicted molar refractivity (Wildman–Crippen MR) is 95.7 cm³/mol. The van der Waals surface area contributed by atoms with Crippen LogP contribution in [0.3, 0.4) is 0 Å². The molecule has 0 unspecified atom stereocenters. The Morgan fingerprint density at radius 2 is 1.80 bits per heavy atom. The number of alkyl halides is 2. The maximum atomic E-state index is 13.2. The summed E-state index contributed by atoms with van der Waals surface area (Å²) < 4.78 is 31.2. The lowest BCUT2D eigenvalue weighted by atomic mass is 10.2. The van der Waals surface area contributed by atoms with E-state index < -0.39 is 18.2 Å². The van der Waals surface area contributed by atoms with E-state index in [4.69, 9.17) is 16.3 Å². The van der Waals surface area contributed by atoms with Gasteiger partial charge in [0, 0.05) is 4.90 Å². The second kappa shape index (κ2) is 9.44. The summed E-state index contributed by atoms with van der Waals surface area (Å²) in [6, 6.07) is 16.1. The van der Waals surface area contributed by atoms with Crippen LogP contribution < -0.4 is 5.32 Å². The van der Waals surface area contributed by atoms with Gasteiger partial charge in [-0.3, -0.25) is 5.32 Å². The number of halogens is 3. The van der Waals surface area contributed by atoms with Crippen molar-refractivity contribution in [3.05, 3.63) is 75.8 Å². The van der Waals surface area contributed by atoms with Crippen molar-refractivity contribution in [3.63, 3.8) is 0 Å². The van der Waals surface area contributed by atoms with Crippen molar-refractivity contribution in [2.75, 3.05) is 0 Å². The lowest BCUT2D eigenvalue weighted by molar-refractivity contribution is 0.132. The van der Waals surface area contributed by atoms with Crippen LogP contribution in [0.15, 0.2) is 69.6 Å². The number of amides is 1. The van der Waals surface area contributed by atoms with Crippen molar-refractivity contribution in [1.82, 2.24) is 5.32 Å². The first-order chi connectivity index (χ1) is 12.0. The molecule has 3 nitrogen and oxygen atoms in total. The number of ether oxygens (including phenoxy) is 1. The second-order valence-electron chi connectivity index (χ2n) is 5.09. The third kappa shape index (κ3) is 6.40. The highest BCUT2D eigenvalue weighted by atomic mass is 35.5. The van der Waals surface area contributed by atoms with Crippen LogP contribution in [-0.4, -0.2) is 12.5 Å². The lowest BCUT2D eigenvalue weighted by Gasteiger charge is -2.12. The Hall–Kier alpha value is -2.05. The molecule has 0 aliphatic rings. The molecular weight excluding hydrogens is 368 g/mol. The standard InChI is InChI=1S/C18H16ClF2NO2S/c1-12-7-9-14(10-8-12)25-16(19)15(17(20)21)22-18(23)24-11-13-5-3-2-4-6-13/h2-10,17H,11H2,1H3,(H,22,23)/b16-15+. The van der Waals surface area contributed by atoms with Crippen molar-refractivity contribution < 1.29 is 18.3 Å². The minimum absolute atomic E-state index is 0.0219. The van der Waals surface area contributed by atoms with Crippen LogP contribution in [0.25, 0.3) is 0 Å². The smallest absolute Gasteiger partial charge is 0.411 e. The average Bonchev–Trinajstić information content (AvgIpc) is 2.60. The van der Waals surface area contributed by atoms with Crippen molar-refractivity contribution in [1.29, 1.82) is 0 Å². The van der Waals surface area contributed by atoms with Crippen molar-refractivity contribution in [2.45, 2.75) is 24.9 Å². The summed E-state index contributed by atoms with van der Waals surface area (Å²) in [5, 5.41) is 2.03. The molecule has 0 spiro atoms. The molecule has 1 N–H and O–H groups in total. The SMILES string of the molecule is Cc1ccc(S/C(Cl)=C(/NC(=O)OCc2ccccc2)C(F)F)cc1. The van der Waals surface area contributed by atoms with Gasteiger partial charge in [0.25, 0.3) is 6.43 Å². The molecular formula is C18H16ClF2NO2S. The third-order valence-electron chi connectivity index (χ3n) is 3.11. The van der Waals surface area contributed by atoms with Gasteiger partial charge in [-0.15, -0.1) is 0 Å². The van der Waals surface area contributed by atoms with Crippen LogP contribution in [0.1, 0.15) is 11.1 Å². The number of alkyl carbamates (subject to hydrolysis) is 1. The number of nitrogens with one attached hydrogen (secondary N) is 1. The van der Waals surface area contributed by atoms with E-state index in [0.29, 0.717) is 4.90 Å². The first kappa shape index (κ1) is 19.3. The summed E-state index contributed by atoms with van der Waals surface area (Å²) in [5.74, 6) is 0. The quantitative estimate of drug-likeness (QED) is 0.651. The van der Waals surface area contributed by atoms with Gasteiger partial charge in [-0.1, -0.05) is 71.4 Å². The molecule has 0 heterocycles. The van der Waals surface area contributed by atoms with E-state index >= 15 is 0 Å². The van der Waals surface area contributed by atoms with Gasteiger partial charge in [0.05, 0.1) is 0 Å². The first-order valence-corrected chi connectivity index (χ1v) is 8.55. The van der Waals surface area contributed by atoms with E-state index in [1.807, 2.05) is 30.4 Å². The summed E-state index contributed by atoms with van der Waals surface area (Å²) in [7, 11) is 0. The number of carbonyl (C=O) groups excluding carboxylic acids is 1. The number of aryl methyl sites for hydroxylation is 1. The molecule has 132 valence electrons. The van der Waals surface area contributed by atoms with E-state index in [0.717, 1.165) is 22.9 Å². The molecule has 0 atom stereocenters. The fraction of sp³-hybridized carbons (Fsp3) is 0.167. The number of allylic oxidation sites excluding steroid dienone is 1. The Morgan fingerprint density at radius 1 is 1.16 bits per heavy atom. The molecule has 0 bridgehead atoms. The van der Waals surface area contributed by atoms with Crippen molar-refractivity contribution in [3.8, 4) is 0 Å². The Balaban J connectivity index is 2.00. The molecule has 0 aromatic heterocycles. The van der Waals surface area contributed by atoms with Crippen molar-refractivity contribution in [2.24, 2.45) is 0 Å². The van der Waals surface area contributed by atoms with Gasteiger partial charge in [-0.25, -0.2) is 13.6 Å². The van der Waals surface area contributed by atoms with Gasteiger partial charge in [0.15, 0.2) is 0 Å². The lowest BCUT2D eigenvalue weighted by Crippen LogP contribution is -2.27. The Morgan fingerprint density at radius 3 is 2.40 bits per heavy atom. The Bertz CT molecular complexity index is 737. The number of hydrogen-bond donors (Lipinski definition) is 1. The van der Waals surface area contributed by atoms with Gasteiger partial charge >= 0.3 is 6.09 Å². The summed E-state index contributed by atoms with van der Waals surface area (Å²) in [4.78, 5) is 12.5. The summed E-state index contributed by atoms with van der Waals surface area (Å²) in [6.45, 7) is 1.90. The number of hydrogen-bond acceptors (Lipinski definition) is 3. The van der Waals surface area contributed by atoms with Crippen LogP contribution in [0, 0.1) is 6.92 Å². The highest BCUT2D eigenvalue weighted by Gasteiger charge is 2.20. The summed E-state index contributed by atoms with van der Waals surface area (Å²) in [6.07, 6.45) is -3.92. The Labute approximate surface area is 154 Å². The van der Waals surface area contributed by atoms with E-state index in [9.17, 15) is 13.6 Å². The highest BCUT2D eigenvalue weighted by Crippen LogP contribution is 2.33. The van der Waals surface area contributed by atoms with Crippen LogP contribution in [0.4, 0.5) is 13.6 Å². The average molecular weight is 384 g/mol. The minimum atomic E-state index is -2.94. The van der Waals surface area contributed by atoms with Crippen LogP contribution in [-0.2, 0) is 11.3 Å². The molecule has 2 aromatic rings. The zero-order valence-corrected chi connectivity index (χ0v) is 14.9. The van der Waals surface area contributed by atoms with Gasteiger partial charge in [-0.05, 0) is 24.6 Å².